The summed E-state index contributed by atoms with van der Waals surface area (Å²) in [6.45, 7) is 4.47. The van der Waals surface area contributed by atoms with E-state index < -0.39 is 5.82 Å². The van der Waals surface area contributed by atoms with E-state index in [0.29, 0.717) is 43.9 Å². The van der Waals surface area contributed by atoms with Crippen LogP contribution in [0.15, 0.2) is 49.2 Å². The van der Waals surface area contributed by atoms with Crippen LogP contribution in [0.1, 0.15) is 41.4 Å². The Morgan fingerprint density at radius 1 is 1.02 bits per heavy atom. The van der Waals surface area contributed by atoms with Crippen LogP contribution < -0.4 is 0 Å². The molecule has 200 valence electrons. The Hall–Kier alpha value is -4.35. The van der Waals surface area contributed by atoms with Crippen LogP contribution in [0.3, 0.4) is 0 Å². The van der Waals surface area contributed by atoms with E-state index in [9.17, 15) is 4.79 Å². The van der Waals surface area contributed by atoms with Crippen molar-refractivity contribution in [1.29, 1.82) is 0 Å². The molecule has 9 nitrogen and oxygen atoms in total. The van der Waals surface area contributed by atoms with Crippen molar-refractivity contribution in [2.24, 2.45) is 0 Å². The summed E-state index contributed by atoms with van der Waals surface area (Å²) < 4.78 is 16.2. The fourth-order valence-corrected chi connectivity index (χ4v) is 6.24. The molecule has 2 N–H and O–H groups in total. The lowest BCUT2D eigenvalue weighted by atomic mass is 10.1. The number of pyridine rings is 3. The molecule has 7 rings (SSSR count). The largest absolute Gasteiger partial charge is 0.335 e. The summed E-state index contributed by atoms with van der Waals surface area (Å²) in [4.78, 5) is 37.0. The number of imidazole rings is 1. The number of hydrogen-bond donors (Lipinski definition) is 2. The van der Waals surface area contributed by atoms with Gasteiger partial charge in [-0.15, -0.1) is 11.3 Å². The highest BCUT2D eigenvalue weighted by molar-refractivity contribution is 7.17. The Morgan fingerprint density at radius 3 is 2.70 bits per heavy atom. The number of rotatable bonds is 6. The maximum Gasteiger partial charge on any atom is 0.169 e. The molecular formula is C29H25FN8OS. The molecule has 6 aromatic rings. The van der Waals surface area contributed by atoms with Gasteiger partial charge in [0.2, 0.25) is 0 Å². The number of nitrogens with zero attached hydrogens (tertiary/aromatic N) is 6. The second-order valence-corrected chi connectivity index (χ2v) is 11.2. The van der Waals surface area contributed by atoms with E-state index in [4.69, 9.17) is 4.98 Å². The molecule has 40 heavy (non-hydrogen) atoms. The molecule has 0 spiro atoms. The summed E-state index contributed by atoms with van der Waals surface area (Å²) in [5.74, 6) is -0.0672. The van der Waals surface area contributed by atoms with E-state index in [1.807, 2.05) is 18.3 Å². The Kier molecular flexibility index (Phi) is 6.17. The van der Waals surface area contributed by atoms with Gasteiger partial charge in [-0.2, -0.15) is 5.10 Å². The number of carbonyl (C=O) groups is 1. The monoisotopic (exact) mass is 552 g/mol. The number of Topliss-reactive ketones (excluding diaryl/α,β-unsaturated/α-hetero) is 1. The van der Waals surface area contributed by atoms with Crippen LogP contribution in [0, 0.1) is 5.82 Å². The first-order valence-electron chi connectivity index (χ1n) is 13.2. The topological polar surface area (TPSA) is 116 Å². The molecular weight excluding hydrogens is 527 g/mol. The van der Waals surface area contributed by atoms with Gasteiger partial charge in [-0.05, 0) is 56.6 Å². The molecule has 11 heteroatoms. The van der Waals surface area contributed by atoms with Crippen LogP contribution in [0.4, 0.5) is 4.39 Å². The second kappa shape index (κ2) is 10.00. The molecule has 0 saturated carbocycles. The first kappa shape index (κ1) is 24.7. The Bertz CT molecular complexity index is 1880. The molecule has 1 aliphatic heterocycles. The van der Waals surface area contributed by atoms with E-state index in [0.717, 1.165) is 35.6 Å². The average molecular weight is 553 g/mol. The fraction of sp³-hybridized carbons (Fsp3) is 0.241. The number of hydrogen-bond acceptors (Lipinski definition) is 8. The van der Waals surface area contributed by atoms with E-state index in [1.165, 1.54) is 30.6 Å². The van der Waals surface area contributed by atoms with Crippen LogP contribution in [0.2, 0.25) is 0 Å². The van der Waals surface area contributed by atoms with Crippen LogP contribution >= 0.6 is 11.3 Å². The van der Waals surface area contributed by atoms with Gasteiger partial charge < -0.3 is 4.98 Å². The number of fused-ring (bicyclic) bond motifs is 2. The van der Waals surface area contributed by atoms with E-state index in [1.54, 1.807) is 37.8 Å². The van der Waals surface area contributed by atoms with Crippen LogP contribution in [-0.2, 0) is 6.54 Å². The van der Waals surface area contributed by atoms with Crippen molar-refractivity contribution in [1.82, 2.24) is 40.0 Å². The lowest BCUT2D eigenvalue weighted by Crippen LogP contribution is -2.29. The number of H-pyrrole nitrogens is 2. The second-order valence-electron chi connectivity index (χ2n) is 10.1. The van der Waals surface area contributed by atoms with Gasteiger partial charge in [0.05, 0.1) is 33.7 Å². The summed E-state index contributed by atoms with van der Waals surface area (Å²) in [7, 11) is 0. The predicted molar refractivity (Wildman–Crippen MR) is 152 cm³/mol. The highest BCUT2D eigenvalue weighted by atomic mass is 32.1. The molecule has 7 heterocycles. The van der Waals surface area contributed by atoms with Crippen LogP contribution in [0.5, 0.6) is 0 Å². The third kappa shape index (κ3) is 4.37. The molecule has 0 bridgehead atoms. The first-order chi connectivity index (χ1) is 19.5. The highest BCUT2D eigenvalue weighted by Gasteiger charge is 2.22. The molecule has 0 aromatic carbocycles. The molecule has 0 unspecified atom stereocenters. The highest BCUT2D eigenvalue weighted by Crippen LogP contribution is 2.36. The predicted octanol–water partition coefficient (Wildman–Crippen LogP) is 6.01. The number of piperidine rings is 1. The Balaban J connectivity index is 1.28. The summed E-state index contributed by atoms with van der Waals surface area (Å²) >= 11 is 1.39. The standard InChI is InChI=1S/C29H25FN8OS/c1-16(39)22-5-6-23(40-22)19-12-32-13-21-27(19)35-29(34-21)28-24-20(36-37-28)14-33-26(25(24)30)18-9-17(10-31-11-18)15-38-7-3-2-4-8-38/h5-6,9-14H,2-4,7-8,15H2,1H3,(H,34,35)(H,36,37). The van der Waals surface area contributed by atoms with E-state index in [2.05, 4.69) is 35.0 Å². The van der Waals surface area contributed by atoms with Gasteiger partial charge in [-0.1, -0.05) is 6.42 Å². The third-order valence-corrected chi connectivity index (χ3v) is 8.52. The van der Waals surface area contributed by atoms with E-state index >= 15 is 4.39 Å². The van der Waals surface area contributed by atoms with Gasteiger partial charge in [0.1, 0.15) is 16.9 Å². The summed E-state index contributed by atoms with van der Waals surface area (Å²) in [6, 6.07) is 5.66. The summed E-state index contributed by atoms with van der Waals surface area (Å²) in [6.07, 6.45) is 12.1. The van der Waals surface area contributed by atoms with Gasteiger partial charge in [-0.25, -0.2) is 9.37 Å². The van der Waals surface area contributed by atoms with Crippen molar-refractivity contribution in [3.8, 4) is 33.2 Å². The normalized spacial score (nSPS) is 14.3. The zero-order chi connectivity index (χ0) is 27.2. The summed E-state index contributed by atoms with van der Waals surface area (Å²) in [5, 5.41) is 7.59. The maximum atomic E-state index is 16.2. The number of thiophene rings is 1. The van der Waals surface area contributed by atoms with Gasteiger partial charge >= 0.3 is 0 Å². The molecule has 0 radical (unpaired) electrons. The fourth-order valence-electron chi connectivity index (χ4n) is 5.32. The van der Waals surface area contributed by atoms with Crippen LogP contribution in [0.25, 0.3) is 55.2 Å². The zero-order valence-electron chi connectivity index (χ0n) is 21.7. The molecule has 0 amide bonds. The lowest BCUT2D eigenvalue weighted by molar-refractivity contribution is 0.102. The minimum atomic E-state index is -0.485. The Labute approximate surface area is 232 Å². The number of aromatic nitrogens is 7. The van der Waals surface area contributed by atoms with Gasteiger partial charge in [0.15, 0.2) is 17.4 Å². The van der Waals surface area contributed by atoms with Gasteiger partial charge in [0, 0.05) is 41.1 Å². The quantitative estimate of drug-likeness (QED) is 0.243. The molecule has 6 aromatic heterocycles. The van der Waals surface area contributed by atoms with Crippen molar-refractivity contribution in [3.05, 3.63) is 65.4 Å². The molecule has 0 aliphatic carbocycles. The SMILES string of the molecule is CC(=O)c1ccc(-c2cncc3[nH]c(-c4n[nH]c5cnc(-c6cncc(CN7CCCCC7)c6)c(F)c45)nc23)s1. The maximum absolute atomic E-state index is 16.2. The van der Waals surface area contributed by atoms with Gasteiger partial charge in [0.25, 0.3) is 0 Å². The zero-order valence-corrected chi connectivity index (χ0v) is 22.6. The smallest absolute Gasteiger partial charge is 0.169 e. The van der Waals surface area contributed by atoms with Gasteiger partial charge in [-0.3, -0.25) is 29.7 Å². The average Bonchev–Trinajstić information content (AvgIpc) is 3.72. The lowest BCUT2D eigenvalue weighted by Gasteiger charge is -2.26. The van der Waals surface area contributed by atoms with Crippen molar-refractivity contribution < 1.29 is 9.18 Å². The van der Waals surface area contributed by atoms with Crippen molar-refractivity contribution in [3.63, 3.8) is 0 Å². The molecule has 1 aliphatic rings. The summed E-state index contributed by atoms with van der Waals surface area (Å²) in [5.41, 5.74) is 4.84. The molecule has 0 atom stereocenters. The number of nitrogens with one attached hydrogen (secondary N) is 2. The Morgan fingerprint density at radius 2 is 1.88 bits per heavy atom. The number of halogens is 1. The van der Waals surface area contributed by atoms with Crippen molar-refractivity contribution in [2.45, 2.75) is 32.7 Å². The number of aromatic amines is 2. The number of ketones is 1. The molecule has 1 saturated heterocycles. The minimum absolute atomic E-state index is 0.00853. The molecule has 1 fully saturated rings. The minimum Gasteiger partial charge on any atom is -0.335 e. The first-order valence-corrected chi connectivity index (χ1v) is 14.0. The number of likely N-dealkylation sites (tertiary alicyclic amines) is 1. The van der Waals surface area contributed by atoms with Crippen molar-refractivity contribution >= 4 is 39.1 Å². The van der Waals surface area contributed by atoms with E-state index in [-0.39, 0.29) is 11.5 Å². The number of carbonyl (C=O) groups excluding carboxylic acids is 1. The third-order valence-electron chi connectivity index (χ3n) is 7.30. The van der Waals surface area contributed by atoms with Crippen LogP contribution in [-0.4, -0.2) is 58.9 Å². The van der Waals surface area contributed by atoms with Crippen molar-refractivity contribution in [2.75, 3.05) is 13.1 Å².